The first-order chi connectivity index (χ1) is 7.67. The van der Waals surface area contributed by atoms with Crippen LogP contribution >= 0.6 is 11.6 Å². The van der Waals surface area contributed by atoms with Crippen LogP contribution in [0.1, 0.15) is 0 Å². The fraction of sp³-hybridized carbons (Fsp3) is 0.222. The maximum Gasteiger partial charge on any atom is 0.250 e. The summed E-state index contributed by atoms with van der Waals surface area (Å²) in [5.41, 5.74) is 9.06. The van der Waals surface area contributed by atoms with E-state index in [-0.39, 0.29) is 12.5 Å². The lowest BCUT2D eigenvalue weighted by Crippen LogP contribution is -2.17. The number of carbonyl (C=O) groups excluding carboxylic acids is 1. The summed E-state index contributed by atoms with van der Waals surface area (Å²) in [6.07, 6.45) is 0. The Bertz CT molecular complexity index is 443. The summed E-state index contributed by atoms with van der Waals surface area (Å²) in [4.78, 5) is 13.8. The first-order valence-electron chi connectivity index (χ1n) is 4.31. The van der Waals surface area contributed by atoms with Gasteiger partial charge in [0.05, 0.1) is 10.7 Å². The number of rotatable bonds is 4. The number of anilines is 1. The number of nitrogens with zero attached hydrogens (tertiary/aromatic N) is 3. The third-order valence-electron chi connectivity index (χ3n) is 1.66. The summed E-state index contributed by atoms with van der Waals surface area (Å²) < 4.78 is 4.66. The molecular formula is C9H9ClN4O2. The van der Waals surface area contributed by atoms with Gasteiger partial charge in [-0.15, -0.1) is 0 Å². The van der Waals surface area contributed by atoms with Gasteiger partial charge in [0.1, 0.15) is 6.61 Å². The summed E-state index contributed by atoms with van der Waals surface area (Å²) in [5.74, 6) is -0.305. The molecule has 1 N–H and O–H groups in total. The minimum Gasteiger partial charge on any atom is -0.375 e. The molecule has 0 atom stereocenters. The molecule has 84 valence electrons. The fourth-order valence-corrected chi connectivity index (χ4v) is 1.26. The van der Waals surface area contributed by atoms with Crippen LogP contribution in [0.3, 0.4) is 0 Å². The van der Waals surface area contributed by atoms with E-state index in [1.54, 1.807) is 12.1 Å². The number of amides is 1. The number of carbonyl (C=O) groups is 1. The van der Waals surface area contributed by atoms with E-state index in [0.717, 1.165) is 0 Å². The summed E-state index contributed by atoms with van der Waals surface area (Å²) in [7, 11) is 1.42. The first-order valence-corrected chi connectivity index (χ1v) is 4.68. The number of hydrogen-bond donors (Lipinski definition) is 1. The summed E-state index contributed by atoms with van der Waals surface area (Å²) in [6, 6.07) is 4.57. The van der Waals surface area contributed by atoms with Crippen molar-refractivity contribution < 1.29 is 9.53 Å². The summed E-state index contributed by atoms with van der Waals surface area (Å²) in [5, 5.41) is 6.23. The fourth-order valence-electron chi connectivity index (χ4n) is 1.04. The Morgan fingerprint density at radius 1 is 1.69 bits per heavy atom. The maximum absolute atomic E-state index is 11.2. The molecule has 0 unspecified atom stereocenters. The van der Waals surface area contributed by atoms with Gasteiger partial charge in [-0.3, -0.25) is 4.79 Å². The van der Waals surface area contributed by atoms with Gasteiger partial charge in [-0.1, -0.05) is 22.8 Å². The summed E-state index contributed by atoms with van der Waals surface area (Å²) in [6.45, 7) is -0.0472. The summed E-state index contributed by atoms with van der Waals surface area (Å²) >= 11 is 5.87. The highest BCUT2D eigenvalue weighted by molar-refractivity contribution is 6.34. The predicted molar refractivity (Wildman–Crippen MR) is 60.8 cm³/mol. The largest absolute Gasteiger partial charge is 0.375 e. The highest BCUT2D eigenvalue weighted by Crippen LogP contribution is 2.26. The SMILES string of the molecule is COCC(=O)Nc1ccc(N=[N+]=[N-])cc1Cl. The van der Waals surface area contributed by atoms with Crippen molar-refractivity contribution in [3.8, 4) is 0 Å². The third-order valence-corrected chi connectivity index (χ3v) is 1.98. The Morgan fingerprint density at radius 3 is 3.00 bits per heavy atom. The lowest BCUT2D eigenvalue weighted by molar-refractivity contribution is -0.119. The van der Waals surface area contributed by atoms with Crippen LogP contribution in [0, 0.1) is 0 Å². The minimum absolute atomic E-state index is 0.0472. The van der Waals surface area contributed by atoms with Crippen molar-refractivity contribution in [2.24, 2.45) is 5.11 Å². The highest BCUT2D eigenvalue weighted by atomic mass is 35.5. The quantitative estimate of drug-likeness (QED) is 0.498. The van der Waals surface area contributed by atoms with E-state index in [1.165, 1.54) is 13.2 Å². The van der Waals surface area contributed by atoms with E-state index < -0.39 is 0 Å². The van der Waals surface area contributed by atoms with E-state index in [1.807, 2.05) is 0 Å². The minimum atomic E-state index is -0.305. The Kier molecular flexibility index (Phi) is 4.60. The second kappa shape index (κ2) is 5.97. The zero-order chi connectivity index (χ0) is 12.0. The molecule has 0 spiro atoms. The van der Waals surface area contributed by atoms with Crippen LogP contribution in [0.25, 0.3) is 10.4 Å². The standard InChI is InChI=1S/C9H9ClN4O2/c1-16-5-9(15)12-8-3-2-6(13-14-11)4-7(8)10/h2-4H,5H2,1H3,(H,12,15). The van der Waals surface area contributed by atoms with Crippen LogP contribution in [0.15, 0.2) is 23.3 Å². The molecule has 0 aromatic heterocycles. The number of benzene rings is 1. The van der Waals surface area contributed by atoms with E-state index >= 15 is 0 Å². The molecule has 0 bridgehead atoms. The third kappa shape index (κ3) is 3.43. The molecule has 0 fully saturated rings. The molecule has 1 aromatic carbocycles. The average molecular weight is 241 g/mol. The monoisotopic (exact) mass is 240 g/mol. The van der Waals surface area contributed by atoms with Crippen molar-refractivity contribution in [1.29, 1.82) is 0 Å². The van der Waals surface area contributed by atoms with Crippen LogP contribution in [0.4, 0.5) is 11.4 Å². The molecule has 0 aliphatic rings. The van der Waals surface area contributed by atoms with Crippen LogP contribution in [-0.2, 0) is 9.53 Å². The van der Waals surface area contributed by atoms with Gasteiger partial charge >= 0.3 is 0 Å². The number of azide groups is 1. The second-order valence-corrected chi connectivity index (χ2v) is 3.24. The normalized spacial score (nSPS) is 9.38. The van der Waals surface area contributed by atoms with Crippen LogP contribution in [0.5, 0.6) is 0 Å². The van der Waals surface area contributed by atoms with Gasteiger partial charge in [0.2, 0.25) is 5.91 Å². The molecule has 0 saturated heterocycles. The van der Waals surface area contributed by atoms with Crippen molar-refractivity contribution in [3.05, 3.63) is 33.7 Å². The molecule has 0 radical (unpaired) electrons. The van der Waals surface area contributed by atoms with Gasteiger partial charge in [0, 0.05) is 17.7 Å². The number of ether oxygens (including phenoxy) is 1. The average Bonchev–Trinajstić information content (AvgIpc) is 2.23. The highest BCUT2D eigenvalue weighted by Gasteiger charge is 2.05. The lowest BCUT2D eigenvalue weighted by atomic mass is 10.3. The van der Waals surface area contributed by atoms with Crippen molar-refractivity contribution in [3.63, 3.8) is 0 Å². The lowest BCUT2D eigenvalue weighted by Gasteiger charge is -2.06. The molecule has 0 saturated carbocycles. The first kappa shape index (κ1) is 12.3. The molecule has 7 heteroatoms. The molecule has 0 aliphatic carbocycles. The van der Waals surface area contributed by atoms with E-state index in [4.69, 9.17) is 17.1 Å². The van der Waals surface area contributed by atoms with E-state index in [0.29, 0.717) is 16.4 Å². The Hall–Kier alpha value is -1.75. The molecule has 6 nitrogen and oxygen atoms in total. The Labute approximate surface area is 96.8 Å². The van der Waals surface area contributed by atoms with Gasteiger partial charge in [0.25, 0.3) is 0 Å². The van der Waals surface area contributed by atoms with E-state index in [9.17, 15) is 4.79 Å². The van der Waals surface area contributed by atoms with Crippen molar-refractivity contribution >= 4 is 28.9 Å². The molecule has 0 aliphatic heterocycles. The van der Waals surface area contributed by atoms with Gasteiger partial charge in [-0.05, 0) is 17.7 Å². The molecule has 1 aromatic rings. The maximum atomic E-state index is 11.2. The van der Waals surface area contributed by atoms with Gasteiger partial charge in [-0.25, -0.2) is 0 Å². The van der Waals surface area contributed by atoms with Crippen LogP contribution in [0.2, 0.25) is 5.02 Å². The van der Waals surface area contributed by atoms with Crippen molar-refractivity contribution in [2.45, 2.75) is 0 Å². The van der Waals surface area contributed by atoms with Gasteiger partial charge < -0.3 is 10.1 Å². The van der Waals surface area contributed by atoms with Gasteiger partial charge in [-0.2, -0.15) is 0 Å². The molecular weight excluding hydrogens is 232 g/mol. The molecule has 1 rings (SSSR count). The second-order valence-electron chi connectivity index (χ2n) is 2.83. The number of hydrogen-bond acceptors (Lipinski definition) is 3. The zero-order valence-corrected chi connectivity index (χ0v) is 9.23. The molecule has 1 amide bonds. The topological polar surface area (TPSA) is 87.1 Å². The Morgan fingerprint density at radius 2 is 2.44 bits per heavy atom. The van der Waals surface area contributed by atoms with Crippen molar-refractivity contribution in [1.82, 2.24) is 0 Å². The van der Waals surface area contributed by atoms with Gasteiger partial charge in [0.15, 0.2) is 0 Å². The number of nitrogens with one attached hydrogen (secondary N) is 1. The number of halogens is 1. The van der Waals surface area contributed by atoms with Crippen LogP contribution in [-0.4, -0.2) is 19.6 Å². The van der Waals surface area contributed by atoms with E-state index in [2.05, 4.69) is 20.1 Å². The molecule has 16 heavy (non-hydrogen) atoms. The van der Waals surface area contributed by atoms with Crippen molar-refractivity contribution in [2.75, 3.05) is 19.0 Å². The van der Waals surface area contributed by atoms with Crippen LogP contribution < -0.4 is 5.32 Å². The molecule has 0 heterocycles. The smallest absolute Gasteiger partial charge is 0.250 e. The zero-order valence-electron chi connectivity index (χ0n) is 8.48. The Balaban J connectivity index is 2.82. The predicted octanol–water partition coefficient (Wildman–Crippen LogP) is 2.87. The number of methoxy groups -OCH3 is 1.